The zero-order valence-electron chi connectivity index (χ0n) is 10.4. The van der Waals surface area contributed by atoms with Crippen LogP contribution in [0, 0.1) is 0 Å². The van der Waals surface area contributed by atoms with Gasteiger partial charge in [0.05, 0.1) is 5.69 Å². The Kier molecular flexibility index (Phi) is 2.27. The van der Waals surface area contributed by atoms with E-state index in [1.54, 1.807) is 16.9 Å². The van der Waals surface area contributed by atoms with E-state index in [2.05, 4.69) is 15.5 Å². The molecule has 1 aliphatic rings. The van der Waals surface area contributed by atoms with Crippen LogP contribution in [0.4, 0.5) is 5.82 Å². The van der Waals surface area contributed by atoms with Gasteiger partial charge >= 0.3 is 0 Å². The average Bonchev–Trinajstić information content (AvgIpc) is 3.11. The normalized spacial score (nSPS) is 12.8. The quantitative estimate of drug-likeness (QED) is 0.540. The Morgan fingerprint density at radius 2 is 2.10 bits per heavy atom. The number of nitrogens with one attached hydrogen (secondary N) is 1. The summed E-state index contributed by atoms with van der Waals surface area (Å²) in [5.74, 6) is 7.51. The number of nitrogen functional groups attached to an aromatic ring is 1. The number of benzene rings is 1. The third kappa shape index (κ3) is 1.57. The van der Waals surface area contributed by atoms with Crippen LogP contribution in [0.1, 0.15) is 0 Å². The van der Waals surface area contributed by atoms with E-state index in [4.69, 9.17) is 15.3 Å². The lowest BCUT2D eigenvalue weighted by Crippen LogP contribution is -2.09. The van der Waals surface area contributed by atoms with Crippen molar-refractivity contribution in [1.82, 2.24) is 14.6 Å². The van der Waals surface area contributed by atoms with Gasteiger partial charge < -0.3 is 14.9 Å². The van der Waals surface area contributed by atoms with Crippen molar-refractivity contribution >= 4 is 11.3 Å². The van der Waals surface area contributed by atoms with Gasteiger partial charge in [0.1, 0.15) is 5.52 Å². The first kappa shape index (κ1) is 11.1. The van der Waals surface area contributed by atoms with Crippen LogP contribution in [0.25, 0.3) is 16.8 Å². The molecule has 20 heavy (non-hydrogen) atoms. The Morgan fingerprint density at radius 1 is 1.20 bits per heavy atom. The number of nitrogens with zero attached hydrogens (tertiary/aromatic N) is 3. The molecular formula is C13H11N5O2. The minimum absolute atomic E-state index is 0.259. The summed E-state index contributed by atoms with van der Waals surface area (Å²) in [7, 11) is 0. The molecule has 100 valence electrons. The molecule has 0 aliphatic carbocycles. The van der Waals surface area contributed by atoms with Gasteiger partial charge in [-0.25, -0.2) is 15.3 Å². The Morgan fingerprint density at radius 3 is 3.00 bits per heavy atom. The Bertz CT molecular complexity index is 799. The van der Waals surface area contributed by atoms with Crippen molar-refractivity contribution in [3.8, 4) is 22.8 Å². The molecule has 7 nitrogen and oxygen atoms in total. The van der Waals surface area contributed by atoms with Gasteiger partial charge in [-0.3, -0.25) is 0 Å². The minimum Gasteiger partial charge on any atom is -0.454 e. The topological polar surface area (TPSA) is 86.7 Å². The van der Waals surface area contributed by atoms with Gasteiger partial charge in [-0.1, -0.05) is 0 Å². The Balaban J connectivity index is 1.86. The first-order valence-electron chi connectivity index (χ1n) is 6.06. The fraction of sp³-hybridized carbons (Fsp3) is 0.0769. The minimum atomic E-state index is 0.259. The van der Waals surface area contributed by atoms with Crippen molar-refractivity contribution in [1.29, 1.82) is 0 Å². The zero-order valence-corrected chi connectivity index (χ0v) is 10.4. The Hall–Kier alpha value is -2.80. The maximum absolute atomic E-state index is 5.45. The molecule has 0 saturated carbocycles. The monoisotopic (exact) mass is 269 g/mol. The first-order chi connectivity index (χ1) is 9.85. The Labute approximate surface area is 113 Å². The summed E-state index contributed by atoms with van der Waals surface area (Å²) in [6.45, 7) is 0.259. The highest BCUT2D eigenvalue weighted by Crippen LogP contribution is 2.35. The SMILES string of the molecule is NNc1nccn2nc(-c3ccc4c(c3)OCO4)cc12. The standard InChI is InChI=1S/C13H11N5O2/c14-16-13-10-6-9(17-18(10)4-3-15-13)8-1-2-11-12(5-8)20-7-19-11/h1-6H,7,14H2,(H,15,16). The second-order valence-corrected chi connectivity index (χ2v) is 4.35. The van der Waals surface area contributed by atoms with E-state index < -0.39 is 0 Å². The molecule has 0 spiro atoms. The molecule has 0 radical (unpaired) electrons. The predicted molar refractivity (Wildman–Crippen MR) is 72.4 cm³/mol. The molecule has 3 heterocycles. The van der Waals surface area contributed by atoms with Crippen LogP contribution in [-0.2, 0) is 0 Å². The van der Waals surface area contributed by atoms with E-state index in [1.165, 1.54) is 0 Å². The van der Waals surface area contributed by atoms with Crippen molar-refractivity contribution in [2.75, 3.05) is 12.2 Å². The highest BCUT2D eigenvalue weighted by molar-refractivity contribution is 5.75. The van der Waals surface area contributed by atoms with Gasteiger partial charge in [0.15, 0.2) is 17.3 Å². The molecular weight excluding hydrogens is 258 g/mol. The van der Waals surface area contributed by atoms with Crippen molar-refractivity contribution in [3.05, 3.63) is 36.7 Å². The first-order valence-corrected chi connectivity index (χ1v) is 6.06. The van der Waals surface area contributed by atoms with E-state index in [1.807, 2.05) is 24.3 Å². The van der Waals surface area contributed by atoms with Gasteiger partial charge in [-0.15, -0.1) is 0 Å². The van der Waals surface area contributed by atoms with Crippen LogP contribution < -0.4 is 20.7 Å². The number of aromatic nitrogens is 3. The smallest absolute Gasteiger partial charge is 0.231 e. The predicted octanol–water partition coefficient (Wildman–Crippen LogP) is 1.41. The van der Waals surface area contributed by atoms with Crippen LogP contribution in [0.15, 0.2) is 36.7 Å². The molecule has 0 fully saturated rings. The second-order valence-electron chi connectivity index (χ2n) is 4.35. The molecule has 4 rings (SSSR count). The summed E-state index contributed by atoms with van der Waals surface area (Å²) in [5, 5.41) is 4.50. The number of nitrogens with two attached hydrogens (primary N) is 1. The third-order valence-electron chi connectivity index (χ3n) is 3.19. The van der Waals surface area contributed by atoms with Crippen LogP contribution in [-0.4, -0.2) is 21.4 Å². The summed E-state index contributed by atoms with van der Waals surface area (Å²) >= 11 is 0. The summed E-state index contributed by atoms with van der Waals surface area (Å²) < 4.78 is 12.4. The fourth-order valence-electron chi connectivity index (χ4n) is 2.23. The summed E-state index contributed by atoms with van der Waals surface area (Å²) in [5.41, 5.74) is 5.13. The number of hydrogen-bond donors (Lipinski definition) is 2. The molecule has 3 aromatic rings. The molecule has 3 N–H and O–H groups in total. The van der Waals surface area contributed by atoms with Gasteiger partial charge in [0.2, 0.25) is 6.79 Å². The third-order valence-corrected chi connectivity index (χ3v) is 3.19. The molecule has 1 aromatic carbocycles. The lowest BCUT2D eigenvalue weighted by Gasteiger charge is -1.99. The van der Waals surface area contributed by atoms with Crippen molar-refractivity contribution < 1.29 is 9.47 Å². The highest BCUT2D eigenvalue weighted by atomic mass is 16.7. The van der Waals surface area contributed by atoms with Crippen molar-refractivity contribution in [2.45, 2.75) is 0 Å². The van der Waals surface area contributed by atoms with Gasteiger partial charge in [0, 0.05) is 18.0 Å². The molecule has 7 heteroatoms. The largest absolute Gasteiger partial charge is 0.454 e. The van der Waals surface area contributed by atoms with Crippen molar-refractivity contribution in [3.63, 3.8) is 0 Å². The van der Waals surface area contributed by atoms with E-state index >= 15 is 0 Å². The second kappa shape index (κ2) is 4.10. The number of rotatable bonds is 2. The molecule has 2 aromatic heterocycles. The molecule has 0 saturated heterocycles. The van der Waals surface area contributed by atoms with Crippen molar-refractivity contribution in [2.24, 2.45) is 5.84 Å². The molecule has 0 amide bonds. The number of anilines is 1. The summed E-state index contributed by atoms with van der Waals surface area (Å²) in [4.78, 5) is 4.15. The highest BCUT2D eigenvalue weighted by Gasteiger charge is 2.15. The van der Waals surface area contributed by atoms with Gasteiger partial charge in [-0.05, 0) is 24.3 Å². The number of ether oxygens (including phenoxy) is 2. The average molecular weight is 269 g/mol. The number of fused-ring (bicyclic) bond motifs is 2. The number of hydrazine groups is 1. The van der Waals surface area contributed by atoms with E-state index in [0.29, 0.717) is 5.82 Å². The molecule has 0 bridgehead atoms. The van der Waals surface area contributed by atoms with Crippen LogP contribution >= 0.6 is 0 Å². The summed E-state index contributed by atoms with van der Waals surface area (Å²) in [6.07, 6.45) is 3.41. The maximum atomic E-state index is 5.45. The lowest BCUT2D eigenvalue weighted by molar-refractivity contribution is 0.174. The number of hydrogen-bond acceptors (Lipinski definition) is 6. The van der Waals surface area contributed by atoms with E-state index in [-0.39, 0.29) is 6.79 Å². The molecule has 0 atom stereocenters. The zero-order chi connectivity index (χ0) is 13.5. The van der Waals surface area contributed by atoms with Gasteiger partial charge in [0.25, 0.3) is 0 Å². The van der Waals surface area contributed by atoms with E-state index in [9.17, 15) is 0 Å². The van der Waals surface area contributed by atoms with Gasteiger partial charge in [-0.2, -0.15) is 5.10 Å². The van der Waals surface area contributed by atoms with E-state index in [0.717, 1.165) is 28.3 Å². The summed E-state index contributed by atoms with van der Waals surface area (Å²) in [6, 6.07) is 7.65. The lowest BCUT2D eigenvalue weighted by atomic mass is 10.1. The molecule has 1 aliphatic heterocycles. The van der Waals surface area contributed by atoms with Crippen LogP contribution in [0.3, 0.4) is 0 Å². The van der Waals surface area contributed by atoms with Crippen LogP contribution in [0.5, 0.6) is 11.5 Å². The maximum Gasteiger partial charge on any atom is 0.231 e. The molecule has 0 unspecified atom stereocenters. The fourth-order valence-corrected chi connectivity index (χ4v) is 2.23. The van der Waals surface area contributed by atoms with Crippen LogP contribution in [0.2, 0.25) is 0 Å².